The number of methoxy groups -OCH3 is 3. The number of hydrogen-bond donors (Lipinski definition) is 0. The van der Waals surface area contributed by atoms with E-state index >= 15 is 0 Å². The smallest absolute Gasteiger partial charge is 0.246 e. The van der Waals surface area contributed by atoms with E-state index in [4.69, 9.17) is 14.2 Å². The van der Waals surface area contributed by atoms with Crippen LogP contribution in [0, 0.1) is 0 Å². The van der Waals surface area contributed by atoms with E-state index in [1.165, 1.54) is 31.6 Å². The van der Waals surface area contributed by atoms with Crippen molar-refractivity contribution >= 4 is 26.0 Å². The van der Waals surface area contributed by atoms with Gasteiger partial charge in [-0.2, -0.15) is 4.31 Å². The number of sulfonamides is 1. The summed E-state index contributed by atoms with van der Waals surface area (Å²) in [4.78, 5) is 0.104. The lowest BCUT2D eigenvalue weighted by Crippen LogP contribution is -2.27. The number of rotatable bonds is 7. The Balaban J connectivity index is 2.34. The van der Waals surface area contributed by atoms with Crippen LogP contribution in [0.5, 0.6) is 17.2 Å². The van der Waals surface area contributed by atoms with Gasteiger partial charge in [-0.15, -0.1) is 0 Å². The van der Waals surface area contributed by atoms with Crippen molar-refractivity contribution in [2.24, 2.45) is 0 Å². The lowest BCUT2D eigenvalue weighted by atomic mass is 10.2. The van der Waals surface area contributed by atoms with E-state index in [1.807, 2.05) is 0 Å². The zero-order valence-electron chi connectivity index (χ0n) is 14.4. The van der Waals surface area contributed by atoms with E-state index in [0.29, 0.717) is 21.7 Å². The molecule has 0 aliphatic rings. The van der Waals surface area contributed by atoms with Crippen LogP contribution in [-0.4, -0.2) is 41.1 Å². The predicted molar refractivity (Wildman–Crippen MR) is 98.9 cm³/mol. The summed E-state index contributed by atoms with van der Waals surface area (Å²) < 4.78 is 43.4. The van der Waals surface area contributed by atoms with Crippen LogP contribution < -0.4 is 14.2 Å². The minimum absolute atomic E-state index is 0.104. The number of benzene rings is 2. The molecule has 0 heterocycles. The summed E-state index contributed by atoms with van der Waals surface area (Å²) in [5, 5.41) is 0. The second-order valence-electron chi connectivity index (χ2n) is 5.25. The van der Waals surface area contributed by atoms with Crippen molar-refractivity contribution in [2.75, 3.05) is 28.4 Å². The van der Waals surface area contributed by atoms with Gasteiger partial charge in [0.05, 0.1) is 21.3 Å². The predicted octanol–water partition coefficient (Wildman–Crippen LogP) is 3.30. The molecule has 0 fully saturated rings. The average Bonchev–Trinajstić information content (AvgIpc) is 2.61. The first-order valence-electron chi connectivity index (χ1n) is 7.34. The molecule has 0 amide bonds. The second-order valence-corrected chi connectivity index (χ2v) is 8.17. The Morgan fingerprint density at radius 1 is 0.920 bits per heavy atom. The van der Waals surface area contributed by atoms with Crippen LogP contribution in [0.3, 0.4) is 0 Å². The van der Waals surface area contributed by atoms with Gasteiger partial charge in [0, 0.05) is 18.1 Å². The summed E-state index contributed by atoms with van der Waals surface area (Å²) in [7, 11) is 2.32. The molecule has 0 saturated heterocycles. The molecular weight excluding hydrogens is 410 g/mol. The third-order valence-corrected chi connectivity index (χ3v) is 5.98. The summed E-state index contributed by atoms with van der Waals surface area (Å²) in [6.45, 7) is 0.179. The molecule has 8 heteroatoms. The van der Waals surface area contributed by atoms with Gasteiger partial charge in [-0.1, -0.05) is 22.0 Å². The Kier molecular flexibility index (Phi) is 6.31. The Morgan fingerprint density at radius 2 is 1.52 bits per heavy atom. The summed E-state index contributed by atoms with van der Waals surface area (Å²) in [6.07, 6.45) is 0. The van der Waals surface area contributed by atoms with E-state index in [9.17, 15) is 8.42 Å². The highest BCUT2D eigenvalue weighted by atomic mass is 79.9. The molecule has 0 N–H and O–H groups in total. The van der Waals surface area contributed by atoms with Crippen LogP contribution in [0.4, 0.5) is 0 Å². The first-order valence-corrected chi connectivity index (χ1v) is 9.57. The topological polar surface area (TPSA) is 65.1 Å². The fraction of sp³-hybridized carbons (Fsp3) is 0.294. The van der Waals surface area contributed by atoms with Gasteiger partial charge < -0.3 is 14.2 Å². The van der Waals surface area contributed by atoms with Crippen molar-refractivity contribution in [3.05, 3.63) is 46.4 Å². The van der Waals surface area contributed by atoms with E-state index < -0.39 is 10.0 Å². The van der Waals surface area contributed by atoms with Crippen molar-refractivity contribution in [2.45, 2.75) is 11.4 Å². The Bertz CT molecular complexity index is 854. The Morgan fingerprint density at radius 3 is 2.12 bits per heavy atom. The lowest BCUT2D eigenvalue weighted by Gasteiger charge is -2.20. The van der Waals surface area contributed by atoms with Crippen LogP contribution in [0.2, 0.25) is 0 Å². The number of nitrogens with zero attached hydrogens (tertiary/aromatic N) is 1. The molecule has 0 spiro atoms. The zero-order valence-corrected chi connectivity index (χ0v) is 16.8. The largest absolute Gasteiger partial charge is 0.495 e. The van der Waals surface area contributed by atoms with E-state index in [-0.39, 0.29) is 11.4 Å². The van der Waals surface area contributed by atoms with Crippen LogP contribution in [0.15, 0.2) is 45.8 Å². The molecule has 2 rings (SSSR count). The summed E-state index contributed by atoms with van der Waals surface area (Å²) in [5.41, 5.74) is 0.776. The van der Waals surface area contributed by atoms with Crippen molar-refractivity contribution in [3.8, 4) is 17.2 Å². The maximum absolute atomic E-state index is 12.9. The van der Waals surface area contributed by atoms with Gasteiger partial charge in [-0.25, -0.2) is 8.42 Å². The lowest BCUT2D eigenvalue weighted by molar-refractivity contribution is 0.354. The quantitative estimate of drug-likeness (QED) is 0.675. The van der Waals surface area contributed by atoms with Crippen molar-refractivity contribution in [1.82, 2.24) is 4.31 Å². The first kappa shape index (κ1) is 19.6. The maximum atomic E-state index is 12.9. The van der Waals surface area contributed by atoms with Gasteiger partial charge in [0.15, 0.2) is 11.5 Å². The molecule has 25 heavy (non-hydrogen) atoms. The highest BCUT2D eigenvalue weighted by Gasteiger charge is 2.25. The molecule has 136 valence electrons. The number of halogens is 1. The van der Waals surface area contributed by atoms with Gasteiger partial charge in [-0.05, 0) is 35.9 Å². The molecule has 0 unspecified atom stereocenters. The van der Waals surface area contributed by atoms with Crippen LogP contribution in [-0.2, 0) is 16.6 Å². The molecule has 0 saturated carbocycles. The molecule has 0 bridgehead atoms. The second kappa shape index (κ2) is 8.07. The van der Waals surface area contributed by atoms with E-state index in [0.717, 1.165) is 5.56 Å². The van der Waals surface area contributed by atoms with Crippen LogP contribution in [0.1, 0.15) is 5.56 Å². The fourth-order valence-electron chi connectivity index (χ4n) is 2.34. The maximum Gasteiger partial charge on any atom is 0.246 e. The fourth-order valence-corrected chi connectivity index (χ4v) is 4.19. The molecule has 2 aromatic carbocycles. The number of ether oxygens (including phenoxy) is 3. The molecule has 0 radical (unpaired) electrons. The SMILES string of the molecule is COc1ccc(CN(C)S(=O)(=O)c2cc(Br)ccc2OC)cc1OC. The summed E-state index contributed by atoms with van der Waals surface area (Å²) >= 11 is 3.30. The minimum atomic E-state index is -3.73. The molecule has 0 aliphatic heterocycles. The van der Waals surface area contributed by atoms with E-state index in [2.05, 4.69) is 15.9 Å². The molecule has 0 aromatic heterocycles. The standard InChI is InChI=1S/C17H20BrNO5S/c1-19(11-12-5-7-14(22-2)16(9-12)24-4)25(20,21)17-10-13(18)6-8-15(17)23-3/h5-10H,11H2,1-4H3. The third kappa shape index (κ3) is 4.26. The third-order valence-electron chi connectivity index (χ3n) is 3.67. The van der Waals surface area contributed by atoms with Gasteiger partial charge in [0.25, 0.3) is 0 Å². The summed E-state index contributed by atoms with van der Waals surface area (Å²) in [5.74, 6) is 1.43. The van der Waals surface area contributed by atoms with Crippen molar-refractivity contribution in [3.63, 3.8) is 0 Å². The van der Waals surface area contributed by atoms with Crippen molar-refractivity contribution in [1.29, 1.82) is 0 Å². The van der Waals surface area contributed by atoms with Gasteiger partial charge in [-0.3, -0.25) is 0 Å². The summed E-state index contributed by atoms with van der Waals surface area (Å²) in [6, 6.07) is 10.2. The monoisotopic (exact) mass is 429 g/mol. The van der Waals surface area contributed by atoms with E-state index in [1.54, 1.807) is 37.4 Å². The normalized spacial score (nSPS) is 11.4. The van der Waals surface area contributed by atoms with Crippen LogP contribution >= 0.6 is 15.9 Å². The minimum Gasteiger partial charge on any atom is -0.495 e. The molecule has 6 nitrogen and oxygen atoms in total. The highest BCUT2D eigenvalue weighted by Crippen LogP contribution is 2.31. The van der Waals surface area contributed by atoms with Crippen molar-refractivity contribution < 1.29 is 22.6 Å². The average molecular weight is 430 g/mol. The van der Waals surface area contributed by atoms with Gasteiger partial charge in [0.1, 0.15) is 10.6 Å². The molecule has 0 atom stereocenters. The Labute approximate surface area is 156 Å². The molecule has 2 aromatic rings. The van der Waals surface area contributed by atoms with Crippen LogP contribution in [0.25, 0.3) is 0 Å². The molecule has 0 aliphatic carbocycles. The van der Waals surface area contributed by atoms with Gasteiger partial charge in [0.2, 0.25) is 10.0 Å². The zero-order chi connectivity index (χ0) is 18.6. The highest BCUT2D eigenvalue weighted by molar-refractivity contribution is 9.10. The molecular formula is C17H20BrNO5S. The number of hydrogen-bond acceptors (Lipinski definition) is 5. The Hall–Kier alpha value is -1.77. The first-order chi connectivity index (χ1) is 11.8. The van der Waals surface area contributed by atoms with Gasteiger partial charge >= 0.3 is 0 Å².